The van der Waals surface area contributed by atoms with Crippen LogP contribution in [0.4, 0.5) is 5.95 Å². The van der Waals surface area contributed by atoms with Gasteiger partial charge in [-0.3, -0.25) is 0 Å². The van der Waals surface area contributed by atoms with Crippen LogP contribution in [0.2, 0.25) is 0 Å². The van der Waals surface area contributed by atoms with Crippen molar-refractivity contribution in [2.45, 2.75) is 46.5 Å². The van der Waals surface area contributed by atoms with E-state index >= 15 is 0 Å². The zero-order chi connectivity index (χ0) is 12.0. The highest BCUT2D eigenvalue weighted by molar-refractivity contribution is 5.21. The maximum atomic E-state index is 3.91. The van der Waals surface area contributed by atoms with Crippen molar-refractivity contribution in [1.29, 1.82) is 0 Å². The number of unbranched alkanes of at least 4 members (excludes halogenated alkanes) is 2. The third kappa shape index (κ3) is 4.16. The van der Waals surface area contributed by atoms with Crippen LogP contribution in [-0.2, 0) is 7.05 Å². The second-order valence-corrected chi connectivity index (χ2v) is 5.10. The van der Waals surface area contributed by atoms with Crippen LogP contribution in [-0.4, -0.2) is 26.8 Å². The molecule has 0 aliphatic heterocycles. The SMILES string of the molecule is CCCCCC(C)(C)CNc1nnnn1C. The van der Waals surface area contributed by atoms with Gasteiger partial charge >= 0.3 is 0 Å². The molecule has 1 rings (SSSR count). The van der Waals surface area contributed by atoms with Gasteiger partial charge in [0.25, 0.3) is 0 Å². The van der Waals surface area contributed by atoms with E-state index in [0.29, 0.717) is 5.41 Å². The van der Waals surface area contributed by atoms with E-state index in [2.05, 4.69) is 41.6 Å². The van der Waals surface area contributed by atoms with Crippen molar-refractivity contribution in [3.05, 3.63) is 0 Å². The van der Waals surface area contributed by atoms with Gasteiger partial charge in [-0.1, -0.05) is 45.1 Å². The molecule has 0 aliphatic rings. The smallest absolute Gasteiger partial charge is 0.242 e. The molecule has 0 atom stereocenters. The maximum Gasteiger partial charge on any atom is 0.242 e. The zero-order valence-corrected chi connectivity index (χ0v) is 10.8. The lowest BCUT2D eigenvalue weighted by Gasteiger charge is -2.24. The van der Waals surface area contributed by atoms with Crippen molar-refractivity contribution >= 4 is 5.95 Å². The van der Waals surface area contributed by atoms with Crippen molar-refractivity contribution in [2.24, 2.45) is 12.5 Å². The lowest BCUT2D eigenvalue weighted by molar-refractivity contribution is 0.341. The van der Waals surface area contributed by atoms with Gasteiger partial charge in [-0.15, -0.1) is 0 Å². The first-order valence-corrected chi connectivity index (χ1v) is 6.01. The average Bonchev–Trinajstić information content (AvgIpc) is 2.62. The molecule has 5 heteroatoms. The molecule has 1 aromatic heterocycles. The van der Waals surface area contributed by atoms with E-state index in [-0.39, 0.29) is 0 Å². The summed E-state index contributed by atoms with van der Waals surface area (Å²) in [6, 6.07) is 0. The summed E-state index contributed by atoms with van der Waals surface area (Å²) < 4.78 is 1.65. The summed E-state index contributed by atoms with van der Waals surface area (Å²) in [4.78, 5) is 0. The van der Waals surface area contributed by atoms with Crippen molar-refractivity contribution in [2.75, 3.05) is 11.9 Å². The molecule has 5 nitrogen and oxygen atoms in total. The molecule has 0 radical (unpaired) electrons. The molecule has 0 aromatic carbocycles. The number of tetrazole rings is 1. The number of nitrogens with zero attached hydrogens (tertiary/aromatic N) is 4. The molecule has 0 unspecified atom stereocenters. The largest absolute Gasteiger partial charge is 0.353 e. The lowest BCUT2D eigenvalue weighted by Crippen LogP contribution is -2.24. The van der Waals surface area contributed by atoms with E-state index in [4.69, 9.17) is 0 Å². The molecule has 0 amide bonds. The number of aromatic nitrogens is 4. The Bertz CT molecular complexity index is 305. The summed E-state index contributed by atoms with van der Waals surface area (Å²) in [5.74, 6) is 0.739. The van der Waals surface area contributed by atoms with Crippen LogP contribution in [0.25, 0.3) is 0 Å². The number of aryl methyl sites for hydroxylation is 1. The van der Waals surface area contributed by atoms with Gasteiger partial charge in [-0.05, 0) is 22.3 Å². The predicted octanol–water partition coefficient (Wildman–Crippen LogP) is 2.23. The van der Waals surface area contributed by atoms with Crippen LogP contribution in [0.1, 0.15) is 46.5 Å². The maximum absolute atomic E-state index is 3.91. The third-order valence-electron chi connectivity index (χ3n) is 2.80. The van der Waals surface area contributed by atoms with Crippen LogP contribution in [0.5, 0.6) is 0 Å². The van der Waals surface area contributed by atoms with Gasteiger partial charge in [0.15, 0.2) is 0 Å². The molecular formula is C11H23N5. The second-order valence-electron chi connectivity index (χ2n) is 5.10. The van der Waals surface area contributed by atoms with E-state index in [9.17, 15) is 0 Å². The fourth-order valence-corrected chi connectivity index (χ4v) is 1.64. The molecule has 0 aliphatic carbocycles. The number of hydrogen-bond donors (Lipinski definition) is 1. The monoisotopic (exact) mass is 225 g/mol. The Labute approximate surface area is 97.6 Å². The quantitative estimate of drug-likeness (QED) is 0.723. The van der Waals surface area contributed by atoms with E-state index < -0.39 is 0 Å². The molecule has 1 N–H and O–H groups in total. The number of nitrogens with one attached hydrogen (secondary N) is 1. The van der Waals surface area contributed by atoms with Gasteiger partial charge in [-0.25, -0.2) is 4.68 Å². The highest BCUT2D eigenvalue weighted by Crippen LogP contribution is 2.23. The summed E-state index contributed by atoms with van der Waals surface area (Å²) in [6.45, 7) is 7.69. The summed E-state index contributed by atoms with van der Waals surface area (Å²) >= 11 is 0. The molecular weight excluding hydrogens is 202 g/mol. The van der Waals surface area contributed by atoms with Gasteiger partial charge < -0.3 is 5.32 Å². The normalized spacial score (nSPS) is 11.8. The first kappa shape index (κ1) is 12.9. The Hall–Kier alpha value is -1.13. The van der Waals surface area contributed by atoms with E-state index in [1.165, 1.54) is 25.7 Å². The minimum absolute atomic E-state index is 0.293. The molecule has 0 spiro atoms. The van der Waals surface area contributed by atoms with Gasteiger partial charge in [0.1, 0.15) is 0 Å². The Balaban J connectivity index is 2.33. The number of hydrogen-bond acceptors (Lipinski definition) is 4. The minimum Gasteiger partial charge on any atom is -0.353 e. The Morgan fingerprint density at radius 1 is 1.31 bits per heavy atom. The summed E-state index contributed by atoms with van der Waals surface area (Å²) in [6.07, 6.45) is 5.12. The molecule has 1 aromatic rings. The van der Waals surface area contributed by atoms with Gasteiger partial charge in [0.2, 0.25) is 5.95 Å². The van der Waals surface area contributed by atoms with Crippen LogP contribution >= 0.6 is 0 Å². The molecule has 0 saturated heterocycles. The molecule has 1 heterocycles. The summed E-state index contributed by atoms with van der Waals surface area (Å²) in [7, 11) is 1.84. The van der Waals surface area contributed by atoms with Crippen molar-refractivity contribution in [1.82, 2.24) is 20.2 Å². The average molecular weight is 225 g/mol. The molecule has 0 fully saturated rings. The summed E-state index contributed by atoms with van der Waals surface area (Å²) in [5.41, 5.74) is 0.293. The zero-order valence-electron chi connectivity index (χ0n) is 10.8. The van der Waals surface area contributed by atoms with E-state index in [0.717, 1.165) is 12.5 Å². The van der Waals surface area contributed by atoms with Crippen molar-refractivity contribution in [3.63, 3.8) is 0 Å². The van der Waals surface area contributed by atoms with Gasteiger partial charge in [-0.2, -0.15) is 0 Å². The van der Waals surface area contributed by atoms with E-state index in [1.54, 1.807) is 4.68 Å². The van der Waals surface area contributed by atoms with Crippen molar-refractivity contribution in [3.8, 4) is 0 Å². The second kappa shape index (κ2) is 5.82. The fourth-order valence-electron chi connectivity index (χ4n) is 1.64. The summed E-state index contributed by atoms with van der Waals surface area (Å²) in [5, 5.41) is 14.6. The Kier molecular flexibility index (Phi) is 4.71. The third-order valence-corrected chi connectivity index (χ3v) is 2.80. The van der Waals surface area contributed by atoms with Crippen LogP contribution in [0.3, 0.4) is 0 Å². The first-order chi connectivity index (χ1) is 7.55. The van der Waals surface area contributed by atoms with Crippen LogP contribution in [0.15, 0.2) is 0 Å². The van der Waals surface area contributed by atoms with E-state index in [1.807, 2.05) is 7.05 Å². The molecule has 0 bridgehead atoms. The standard InChI is InChI=1S/C11H23N5/c1-5-6-7-8-11(2,3)9-12-10-13-14-15-16(10)4/h5-9H2,1-4H3,(H,12,13,15). The number of anilines is 1. The molecule has 16 heavy (non-hydrogen) atoms. The highest BCUT2D eigenvalue weighted by atomic mass is 15.6. The highest BCUT2D eigenvalue weighted by Gasteiger charge is 2.17. The van der Waals surface area contributed by atoms with Gasteiger partial charge in [0.05, 0.1) is 0 Å². The fraction of sp³-hybridized carbons (Fsp3) is 0.909. The van der Waals surface area contributed by atoms with Crippen LogP contribution < -0.4 is 5.32 Å². The van der Waals surface area contributed by atoms with Crippen molar-refractivity contribution < 1.29 is 0 Å². The first-order valence-electron chi connectivity index (χ1n) is 6.01. The van der Waals surface area contributed by atoms with Gasteiger partial charge in [0, 0.05) is 13.6 Å². The lowest BCUT2D eigenvalue weighted by atomic mass is 9.87. The topological polar surface area (TPSA) is 55.6 Å². The minimum atomic E-state index is 0.293. The molecule has 92 valence electrons. The Morgan fingerprint density at radius 3 is 2.62 bits per heavy atom. The number of rotatable bonds is 7. The predicted molar refractivity (Wildman–Crippen MR) is 65.2 cm³/mol. The van der Waals surface area contributed by atoms with Crippen LogP contribution in [0, 0.1) is 5.41 Å². The molecule has 0 saturated carbocycles. The Morgan fingerprint density at radius 2 is 2.06 bits per heavy atom.